The number of urea groups is 1. The summed E-state index contributed by atoms with van der Waals surface area (Å²) in [6.07, 6.45) is 3.23. The molecule has 0 bridgehead atoms. The summed E-state index contributed by atoms with van der Waals surface area (Å²) < 4.78 is 0. The number of carbonyl (C=O) groups is 1. The van der Waals surface area contributed by atoms with Gasteiger partial charge in [-0.1, -0.05) is 18.6 Å². The van der Waals surface area contributed by atoms with E-state index in [0.29, 0.717) is 5.92 Å². The molecule has 2 amide bonds. The lowest BCUT2D eigenvalue weighted by Gasteiger charge is -2.30. The van der Waals surface area contributed by atoms with Crippen LogP contribution in [0.2, 0.25) is 0 Å². The number of aliphatic hydroxyl groups excluding tert-OH is 1. The summed E-state index contributed by atoms with van der Waals surface area (Å²) in [7, 11) is 1.83. The van der Waals surface area contributed by atoms with Crippen molar-refractivity contribution in [3.63, 3.8) is 0 Å². The van der Waals surface area contributed by atoms with Crippen LogP contribution in [0.25, 0.3) is 0 Å². The van der Waals surface area contributed by atoms with Crippen LogP contribution >= 0.6 is 0 Å². The van der Waals surface area contributed by atoms with Crippen LogP contribution in [0, 0.1) is 5.92 Å². The summed E-state index contributed by atoms with van der Waals surface area (Å²) in [5.74, 6) is 0.666. The van der Waals surface area contributed by atoms with Gasteiger partial charge in [0.1, 0.15) is 0 Å². The molecule has 0 spiro atoms. The molecule has 0 saturated heterocycles. The van der Waals surface area contributed by atoms with Crippen molar-refractivity contribution in [3.8, 4) is 0 Å². The average Bonchev–Trinajstić information content (AvgIpc) is 2.33. The topological polar surface area (TPSA) is 52.6 Å². The Kier molecular flexibility index (Phi) is 4.43. The Bertz CT molecular complexity index is 442. The number of hydrogen-bond acceptors (Lipinski definition) is 2. The van der Waals surface area contributed by atoms with Crippen molar-refractivity contribution in [1.82, 2.24) is 4.90 Å². The van der Waals surface area contributed by atoms with E-state index in [-0.39, 0.29) is 6.03 Å². The van der Waals surface area contributed by atoms with Gasteiger partial charge in [-0.15, -0.1) is 0 Å². The minimum atomic E-state index is -0.524. The molecule has 2 N–H and O–H groups in total. The predicted molar refractivity (Wildman–Crippen MR) is 76.1 cm³/mol. The second kappa shape index (κ2) is 6.06. The first-order valence-corrected chi connectivity index (χ1v) is 6.86. The number of aliphatic hydroxyl groups is 1. The van der Waals surface area contributed by atoms with Gasteiger partial charge in [-0.05, 0) is 43.4 Å². The van der Waals surface area contributed by atoms with Gasteiger partial charge in [-0.25, -0.2) is 4.79 Å². The number of carbonyl (C=O) groups excluding carboxylic acids is 1. The molecule has 1 fully saturated rings. The third kappa shape index (κ3) is 3.70. The van der Waals surface area contributed by atoms with Gasteiger partial charge in [0, 0.05) is 19.3 Å². The van der Waals surface area contributed by atoms with Crippen LogP contribution in [0.5, 0.6) is 0 Å². The first-order chi connectivity index (χ1) is 9.06. The maximum Gasteiger partial charge on any atom is 0.321 e. The van der Waals surface area contributed by atoms with Gasteiger partial charge in [-0.2, -0.15) is 0 Å². The predicted octanol–water partition coefficient (Wildman–Crippen LogP) is 3.00. The molecule has 4 heteroatoms. The van der Waals surface area contributed by atoms with Crippen molar-refractivity contribution >= 4 is 11.7 Å². The monoisotopic (exact) mass is 262 g/mol. The van der Waals surface area contributed by atoms with Gasteiger partial charge >= 0.3 is 6.03 Å². The fourth-order valence-corrected chi connectivity index (χ4v) is 2.24. The number of benzene rings is 1. The molecule has 104 valence electrons. The molecule has 2 rings (SSSR count). The van der Waals surface area contributed by atoms with Crippen LogP contribution in [0.3, 0.4) is 0 Å². The second-order valence-electron chi connectivity index (χ2n) is 5.41. The Morgan fingerprint density at radius 3 is 2.84 bits per heavy atom. The Balaban J connectivity index is 1.91. The first kappa shape index (κ1) is 13.9. The Morgan fingerprint density at radius 2 is 2.26 bits per heavy atom. The van der Waals surface area contributed by atoms with E-state index in [9.17, 15) is 9.90 Å². The first-order valence-electron chi connectivity index (χ1n) is 6.86. The SMILES string of the molecule is CC(O)c1cccc(NC(=O)N(C)CC2CCC2)c1. The van der Waals surface area contributed by atoms with E-state index in [2.05, 4.69) is 5.32 Å². The Morgan fingerprint density at radius 1 is 1.53 bits per heavy atom. The minimum Gasteiger partial charge on any atom is -0.389 e. The van der Waals surface area contributed by atoms with Gasteiger partial charge in [0.2, 0.25) is 0 Å². The summed E-state index contributed by atoms with van der Waals surface area (Å²) in [6, 6.07) is 7.23. The molecule has 1 aromatic carbocycles. The van der Waals surface area contributed by atoms with E-state index in [0.717, 1.165) is 17.8 Å². The van der Waals surface area contributed by atoms with Crippen LogP contribution in [0.4, 0.5) is 10.5 Å². The van der Waals surface area contributed by atoms with Crippen molar-refractivity contribution < 1.29 is 9.90 Å². The lowest BCUT2D eigenvalue weighted by atomic mass is 9.85. The quantitative estimate of drug-likeness (QED) is 0.876. The molecular weight excluding hydrogens is 240 g/mol. The molecule has 1 aromatic rings. The average molecular weight is 262 g/mol. The summed E-state index contributed by atoms with van der Waals surface area (Å²) in [4.78, 5) is 13.8. The summed E-state index contributed by atoms with van der Waals surface area (Å²) in [5.41, 5.74) is 1.53. The fraction of sp³-hybridized carbons (Fsp3) is 0.533. The second-order valence-corrected chi connectivity index (χ2v) is 5.41. The number of nitrogens with zero attached hydrogens (tertiary/aromatic N) is 1. The van der Waals surface area contributed by atoms with E-state index < -0.39 is 6.10 Å². The molecule has 0 aromatic heterocycles. The van der Waals surface area contributed by atoms with Crippen LogP contribution in [0.1, 0.15) is 37.9 Å². The number of amides is 2. The third-order valence-electron chi connectivity index (χ3n) is 3.72. The normalized spacial score (nSPS) is 16.6. The lowest BCUT2D eigenvalue weighted by Crippen LogP contribution is -2.37. The smallest absolute Gasteiger partial charge is 0.321 e. The third-order valence-corrected chi connectivity index (χ3v) is 3.72. The Labute approximate surface area is 114 Å². The molecular formula is C15H22N2O2. The van der Waals surface area contributed by atoms with Crippen molar-refractivity contribution in [3.05, 3.63) is 29.8 Å². The number of anilines is 1. The number of nitrogens with one attached hydrogen (secondary N) is 1. The van der Waals surface area contributed by atoms with Gasteiger partial charge in [0.25, 0.3) is 0 Å². The van der Waals surface area contributed by atoms with Crippen molar-refractivity contribution in [1.29, 1.82) is 0 Å². The van der Waals surface area contributed by atoms with E-state index in [1.54, 1.807) is 17.9 Å². The summed E-state index contributed by atoms with van der Waals surface area (Å²) in [6.45, 7) is 2.53. The Hall–Kier alpha value is -1.55. The molecule has 0 heterocycles. The molecule has 1 atom stereocenters. The van der Waals surface area contributed by atoms with Crippen LogP contribution in [0.15, 0.2) is 24.3 Å². The maximum absolute atomic E-state index is 12.0. The van der Waals surface area contributed by atoms with Gasteiger partial charge in [0.05, 0.1) is 6.10 Å². The number of rotatable bonds is 4. The lowest BCUT2D eigenvalue weighted by molar-refractivity contribution is 0.193. The highest BCUT2D eigenvalue weighted by molar-refractivity contribution is 5.89. The van der Waals surface area contributed by atoms with Gasteiger partial charge < -0.3 is 15.3 Å². The highest BCUT2D eigenvalue weighted by Gasteiger charge is 2.21. The molecule has 1 unspecified atom stereocenters. The van der Waals surface area contributed by atoms with Crippen molar-refractivity contribution in [2.75, 3.05) is 18.9 Å². The van der Waals surface area contributed by atoms with Crippen molar-refractivity contribution in [2.45, 2.75) is 32.3 Å². The van der Waals surface area contributed by atoms with Crippen molar-refractivity contribution in [2.24, 2.45) is 5.92 Å². The standard InChI is InChI=1S/C15H22N2O2/c1-11(18)13-7-4-8-14(9-13)16-15(19)17(2)10-12-5-3-6-12/h4,7-9,11-12,18H,3,5-6,10H2,1-2H3,(H,16,19). The van der Waals surface area contributed by atoms with Crippen LogP contribution in [-0.2, 0) is 0 Å². The summed E-state index contributed by atoms with van der Waals surface area (Å²) >= 11 is 0. The zero-order valence-electron chi connectivity index (χ0n) is 11.6. The largest absolute Gasteiger partial charge is 0.389 e. The number of hydrogen-bond donors (Lipinski definition) is 2. The molecule has 1 aliphatic rings. The van der Waals surface area contributed by atoms with Gasteiger partial charge in [0.15, 0.2) is 0 Å². The van der Waals surface area contributed by atoms with Crippen LogP contribution < -0.4 is 5.32 Å². The molecule has 19 heavy (non-hydrogen) atoms. The molecule has 0 aliphatic heterocycles. The maximum atomic E-state index is 12.0. The molecule has 4 nitrogen and oxygen atoms in total. The van der Waals surface area contributed by atoms with Gasteiger partial charge in [-0.3, -0.25) is 0 Å². The van der Waals surface area contributed by atoms with E-state index in [1.165, 1.54) is 19.3 Å². The highest BCUT2D eigenvalue weighted by atomic mass is 16.3. The molecule has 1 saturated carbocycles. The van der Waals surface area contributed by atoms with Crippen LogP contribution in [-0.4, -0.2) is 29.6 Å². The zero-order chi connectivity index (χ0) is 13.8. The highest BCUT2D eigenvalue weighted by Crippen LogP contribution is 2.27. The molecule has 0 radical (unpaired) electrons. The van der Waals surface area contributed by atoms with E-state index in [4.69, 9.17) is 0 Å². The molecule has 1 aliphatic carbocycles. The van der Waals surface area contributed by atoms with E-state index >= 15 is 0 Å². The zero-order valence-corrected chi connectivity index (χ0v) is 11.6. The summed E-state index contributed by atoms with van der Waals surface area (Å²) in [5, 5.41) is 12.4. The fourth-order valence-electron chi connectivity index (χ4n) is 2.24. The van der Waals surface area contributed by atoms with E-state index in [1.807, 2.05) is 25.2 Å². The minimum absolute atomic E-state index is 0.0883.